The molecule has 0 aliphatic carbocycles. The molecule has 0 spiro atoms. The third-order valence-corrected chi connectivity index (χ3v) is 3.88. The van der Waals surface area contributed by atoms with Gasteiger partial charge in [-0.3, -0.25) is 9.59 Å². The zero-order valence-corrected chi connectivity index (χ0v) is 13.0. The van der Waals surface area contributed by atoms with E-state index in [0.717, 1.165) is 0 Å². The molecule has 0 radical (unpaired) electrons. The molecule has 1 aliphatic rings. The number of rotatable bonds is 4. The number of benzene rings is 1. The number of ether oxygens (including phenoxy) is 1. The highest BCUT2D eigenvalue weighted by Crippen LogP contribution is 2.37. The van der Waals surface area contributed by atoms with E-state index < -0.39 is 11.5 Å². The molecule has 2 amide bonds. The standard InChI is InChI=1S/C17H18N2O4/c1-3-19-13-8-4-5-9-14(13)23-17(2,16(19)21)15(20)18-11-12-7-6-10-22-12/h4-10H,3,11H2,1-2H3,(H,18,20). The molecule has 1 aliphatic heterocycles. The SMILES string of the molecule is CCN1C(=O)C(C)(C(=O)NCc2ccco2)Oc2ccccc21. The number of fused-ring (bicyclic) bond motifs is 1. The highest BCUT2D eigenvalue weighted by Gasteiger charge is 2.50. The largest absolute Gasteiger partial charge is 0.467 e. The molecular weight excluding hydrogens is 296 g/mol. The number of nitrogens with zero attached hydrogens (tertiary/aromatic N) is 1. The maximum Gasteiger partial charge on any atom is 0.280 e. The van der Waals surface area contributed by atoms with Crippen LogP contribution >= 0.6 is 0 Å². The first kappa shape index (κ1) is 15.1. The summed E-state index contributed by atoms with van der Waals surface area (Å²) in [4.78, 5) is 26.9. The molecule has 2 heterocycles. The van der Waals surface area contributed by atoms with E-state index in [0.29, 0.717) is 23.7 Å². The van der Waals surface area contributed by atoms with Crippen molar-refractivity contribution in [2.45, 2.75) is 26.0 Å². The van der Waals surface area contributed by atoms with E-state index in [-0.39, 0.29) is 12.5 Å². The summed E-state index contributed by atoms with van der Waals surface area (Å²) in [6, 6.07) is 10.7. The number of hydrogen-bond acceptors (Lipinski definition) is 4. The Labute approximate surface area is 134 Å². The van der Waals surface area contributed by atoms with Gasteiger partial charge < -0.3 is 19.4 Å². The highest BCUT2D eigenvalue weighted by molar-refractivity contribution is 6.16. The lowest BCUT2D eigenvalue weighted by atomic mass is 10.00. The fourth-order valence-corrected chi connectivity index (χ4v) is 2.60. The van der Waals surface area contributed by atoms with Crippen molar-refractivity contribution in [1.29, 1.82) is 0 Å². The van der Waals surface area contributed by atoms with Crippen LogP contribution in [-0.2, 0) is 16.1 Å². The average molecular weight is 314 g/mol. The van der Waals surface area contributed by atoms with Gasteiger partial charge in [0.15, 0.2) is 0 Å². The number of hydrogen-bond donors (Lipinski definition) is 1. The van der Waals surface area contributed by atoms with Crippen LogP contribution in [0.15, 0.2) is 47.1 Å². The van der Waals surface area contributed by atoms with Crippen LogP contribution in [0.25, 0.3) is 0 Å². The smallest absolute Gasteiger partial charge is 0.280 e. The molecule has 1 N–H and O–H groups in total. The molecular formula is C17H18N2O4. The zero-order chi connectivity index (χ0) is 16.4. The van der Waals surface area contributed by atoms with Gasteiger partial charge in [-0.1, -0.05) is 12.1 Å². The first-order valence-electron chi connectivity index (χ1n) is 7.47. The molecule has 1 unspecified atom stereocenters. The summed E-state index contributed by atoms with van der Waals surface area (Å²) in [5.41, 5.74) is -0.923. The van der Waals surface area contributed by atoms with Gasteiger partial charge in [-0.05, 0) is 38.1 Å². The molecule has 0 saturated carbocycles. The number of nitrogens with one attached hydrogen (secondary N) is 1. The van der Waals surface area contributed by atoms with Crippen LogP contribution < -0.4 is 15.0 Å². The monoisotopic (exact) mass is 314 g/mol. The Morgan fingerprint density at radius 3 is 2.74 bits per heavy atom. The maximum atomic E-state index is 12.8. The van der Waals surface area contributed by atoms with E-state index in [9.17, 15) is 9.59 Å². The normalized spacial score (nSPS) is 19.9. The second-order valence-corrected chi connectivity index (χ2v) is 5.41. The predicted molar refractivity (Wildman–Crippen MR) is 84.1 cm³/mol. The zero-order valence-electron chi connectivity index (χ0n) is 13.0. The number of anilines is 1. The van der Waals surface area contributed by atoms with Crippen LogP contribution in [0.4, 0.5) is 5.69 Å². The number of para-hydroxylation sites is 2. The van der Waals surface area contributed by atoms with Crippen LogP contribution in [0.5, 0.6) is 5.75 Å². The van der Waals surface area contributed by atoms with Crippen molar-refractivity contribution in [1.82, 2.24) is 5.32 Å². The Morgan fingerprint density at radius 2 is 2.04 bits per heavy atom. The topological polar surface area (TPSA) is 71.8 Å². The maximum absolute atomic E-state index is 12.8. The van der Waals surface area contributed by atoms with Crippen molar-refractivity contribution < 1.29 is 18.7 Å². The third-order valence-electron chi connectivity index (χ3n) is 3.88. The van der Waals surface area contributed by atoms with Crippen molar-refractivity contribution in [2.75, 3.05) is 11.4 Å². The molecule has 23 heavy (non-hydrogen) atoms. The van der Waals surface area contributed by atoms with Crippen molar-refractivity contribution >= 4 is 17.5 Å². The second kappa shape index (κ2) is 5.79. The van der Waals surface area contributed by atoms with E-state index in [2.05, 4.69) is 5.32 Å². The lowest BCUT2D eigenvalue weighted by Crippen LogP contribution is -2.62. The van der Waals surface area contributed by atoms with Crippen molar-refractivity contribution in [3.63, 3.8) is 0 Å². The Balaban J connectivity index is 1.85. The van der Waals surface area contributed by atoms with Gasteiger partial charge in [0.1, 0.15) is 11.5 Å². The Morgan fingerprint density at radius 1 is 1.26 bits per heavy atom. The second-order valence-electron chi connectivity index (χ2n) is 5.41. The summed E-state index contributed by atoms with van der Waals surface area (Å²) < 4.78 is 10.9. The summed E-state index contributed by atoms with van der Waals surface area (Å²) >= 11 is 0. The van der Waals surface area contributed by atoms with Crippen LogP contribution in [0.2, 0.25) is 0 Å². The first-order chi connectivity index (χ1) is 11.1. The molecule has 6 heteroatoms. The predicted octanol–water partition coefficient (Wildman–Crippen LogP) is 2.10. The van der Waals surface area contributed by atoms with Gasteiger partial charge in [0.2, 0.25) is 0 Å². The fourth-order valence-electron chi connectivity index (χ4n) is 2.60. The summed E-state index contributed by atoms with van der Waals surface area (Å²) in [5, 5.41) is 2.70. The average Bonchev–Trinajstić information content (AvgIpc) is 3.07. The van der Waals surface area contributed by atoms with Gasteiger partial charge in [-0.15, -0.1) is 0 Å². The molecule has 1 atom stereocenters. The van der Waals surface area contributed by atoms with E-state index in [4.69, 9.17) is 9.15 Å². The molecule has 120 valence electrons. The number of furan rings is 1. The third kappa shape index (κ3) is 2.56. The van der Waals surface area contributed by atoms with Crippen molar-refractivity contribution in [3.8, 4) is 5.75 Å². The summed E-state index contributed by atoms with van der Waals surface area (Å²) in [7, 11) is 0. The highest BCUT2D eigenvalue weighted by atomic mass is 16.5. The van der Waals surface area contributed by atoms with E-state index in [1.54, 1.807) is 29.2 Å². The quantitative estimate of drug-likeness (QED) is 0.877. The lowest BCUT2D eigenvalue weighted by Gasteiger charge is -2.39. The Bertz CT molecular complexity index is 726. The molecule has 1 aromatic heterocycles. The minimum atomic E-state index is -1.60. The summed E-state index contributed by atoms with van der Waals surface area (Å²) in [6.07, 6.45) is 1.53. The summed E-state index contributed by atoms with van der Waals surface area (Å²) in [5.74, 6) is 0.255. The van der Waals surface area contributed by atoms with Gasteiger partial charge in [0.05, 0.1) is 18.5 Å². The molecule has 2 aromatic rings. The number of carbonyl (C=O) groups is 2. The van der Waals surface area contributed by atoms with Crippen LogP contribution in [-0.4, -0.2) is 24.0 Å². The summed E-state index contributed by atoms with van der Waals surface area (Å²) in [6.45, 7) is 4.01. The number of likely N-dealkylation sites (N-methyl/N-ethyl adjacent to an activating group) is 1. The van der Waals surface area contributed by atoms with Crippen LogP contribution in [0.1, 0.15) is 19.6 Å². The van der Waals surface area contributed by atoms with Crippen LogP contribution in [0.3, 0.4) is 0 Å². The molecule has 1 aromatic carbocycles. The van der Waals surface area contributed by atoms with Crippen molar-refractivity contribution in [2.24, 2.45) is 0 Å². The number of carbonyl (C=O) groups excluding carboxylic acids is 2. The van der Waals surface area contributed by atoms with E-state index in [1.165, 1.54) is 13.2 Å². The molecule has 3 rings (SSSR count). The molecule has 0 bridgehead atoms. The van der Waals surface area contributed by atoms with Gasteiger partial charge >= 0.3 is 0 Å². The first-order valence-corrected chi connectivity index (χ1v) is 7.47. The Kier molecular flexibility index (Phi) is 3.82. The van der Waals surface area contributed by atoms with Gasteiger partial charge in [-0.25, -0.2) is 0 Å². The fraction of sp³-hybridized carbons (Fsp3) is 0.294. The minimum Gasteiger partial charge on any atom is -0.467 e. The van der Waals surface area contributed by atoms with Crippen molar-refractivity contribution in [3.05, 3.63) is 48.4 Å². The Hall–Kier alpha value is -2.76. The number of amides is 2. The minimum absolute atomic E-state index is 0.200. The lowest BCUT2D eigenvalue weighted by molar-refractivity contribution is -0.148. The van der Waals surface area contributed by atoms with E-state index in [1.807, 2.05) is 19.1 Å². The van der Waals surface area contributed by atoms with E-state index >= 15 is 0 Å². The molecule has 0 saturated heterocycles. The van der Waals surface area contributed by atoms with Gasteiger partial charge in [0.25, 0.3) is 17.4 Å². The van der Waals surface area contributed by atoms with Crippen LogP contribution in [0, 0.1) is 0 Å². The molecule has 6 nitrogen and oxygen atoms in total. The molecule has 0 fully saturated rings. The van der Waals surface area contributed by atoms with Gasteiger partial charge in [-0.2, -0.15) is 0 Å². The van der Waals surface area contributed by atoms with Gasteiger partial charge in [0, 0.05) is 6.54 Å².